The van der Waals surface area contributed by atoms with E-state index in [-0.39, 0.29) is 11.9 Å². The third-order valence-corrected chi connectivity index (χ3v) is 5.49. The number of likely N-dealkylation sites (N-methyl/N-ethyl adjacent to an activating group) is 1. The summed E-state index contributed by atoms with van der Waals surface area (Å²) in [7, 11) is 1.99. The second-order valence-corrected chi connectivity index (χ2v) is 7.70. The van der Waals surface area contributed by atoms with Gasteiger partial charge in [-0.3, -0.25) is 4.79 Å². The maximum Gasteiger partial charge on any atom is 0.242 e. The summed E-state index contributed by atoms with van der Waals surface area (Å²) >= 11 is 0. The number of rotatable bonds is 7. The molecule has 1 aliphatic heterocycles. The number of pyridine rings is 1. The van der Waals surface area contributed by atoms with Gasteiger partial charge in [0.15, 0.2) is 0 Å². The molecule has 5 nitrogen and oxygen atoms in total. The van der Waals surface area contributed by atoms with Gasteiger partial charge in [0.2, 0.25) is 5.91 Å². The second-order valence-electron chi connectivity index (χ2n) is 7.70. The Morgan fingerprint density at radius 1 is 1.18 bits per heavy atom. The summed E-state index contributed by atoms with van der Waals surface area (Å²) in [4.78, 5) is 23.6. The van der Waals surface area contributed by atoms with Crippen molar-refractivity contribution < 1.29 is 4.79 Å². The first kappa shape index (κ1) is 20.2. The monoisotopic (exact) mass is 380 g/mol. The first-order valence-corrected chi connectivity index (χ1v) is 10.3. The summed E-state index contributed by atoms with van der Waals surface area (Å²) in [5.74, 6) is 1.17. The van der Waals surface area contributed by atoms with Gasteiger partial charge in [0.05, 0.1) is 6.54 Å². The Bertz CT molecular complexity index is 747. The third-order valence-electron chi connectivity index (χ3n) is 5.49. The minimum absolute atomic E-state index is 0.174. The van der Waals surface area contributed by atoms with Gasteiger partial charge in [-0.1, -0.05) is 31.5 Å². The quantitative estimate of drug-likeness (QED) is 0.736. The maximum atomic E-state index is 12.9. The van der Waals surface area contributed by atoms with E-state index in [1.54, 1.807) is 0 Å². The van der Waals surface area contributed by atoms with E-state index in [4.69, 9.17) is 0 Å². The van der Waals surface area contributed by atoms with E-state index in [2.05, 4.69) is 48.0 Å². The lowest BCUT2D eigenvalue weighted by atomic mass is 10.1. The summed E-state index contributed by atoms with van der Waals surface area (Å²) in [6.45, 7) is 7.12. The van der Waals surface area contributed by atoms with E-state index in [1.807, 2.05) is 41.2 Å². The van der Waals surface area contributed by atoms with E-state index in [0.29, 0.717) is 6.54 Å². The molecule has 1 atom stereocenters. The molecule has 2 aromatic rings. The van der Waals surface area contributed by atoms with Crippen molar-refractivity contribution in [3.63, 3.8) is 0 Å². The molecule has 1 fully saturated rings. The van der Waals surface area contributed by atoms with E-state index < -0.39 is 0 Å². The summed E-state index contributed by atoms with van der Waals surface area (Å²) < 4.78 is 0. The zero-order valence-corrected chi connectivity index (χ0v) is 17.3. The van der Waals surface area contributed by atoms with Crippen molar-refractivity contribution in [2.24, 2.45) is 0 Å². The number of hydrogen-bond donors (Lipinski definition) is 0. The summed E-state index contributed by atoms with van der Waals surface area (Å²) in [5.41, 5.74) is 2.46. The molecule has 1 saturated heterocycles. The van der Waals surface area contributed by atoms with Gasteiger partial charge in [0.1, 0.15) is 5.82 Å². The van der Waals surface area contributed by atoms with Gasteiger partial charge in [0.25, 0.3) is 0 Å². The van der Waals surface area contributed by atoms with Crippen LogP contribution >= 0.6 is 0 Å². The molecule has 0 saturated carbocycles. The van der Waals surface area contributed by atoms with Crippen molar-refractivity contribution in [2.75, 3.05) is 43.0 Å². The molecular weight excluding hydrogens is 348 g/mol. The molecule has 0 unspecified atom stereocenters. The molecule has 5 heteroatoms. The minimum Gasteiger partial charge on any atom is -0.365 e. The van der Waals surface area contributed by atoms with E-state index in [0.717, 1.165) is 37.6 Å². The number of unbranched alkanes of at least 4 members (excludes halogenated alkanes) is 1. The molecule has 0 N–H and O–H groups in total. The highest BCUT2D eigenvalue weighted by atomic mass is 16.2. The van der Waals surface area contributed by atoms with Crippen molar-refractivity contribution in [3.05, 3.63) is 54.2 Å². The highest BCUT2D eigenvalue weighted by Gasteiger charge is 2.28. The van der Waals surface area contributed by atoms with E-state index in [9.17, 15) is 4.79 Å². The number of benzene rings is 1. The molecule has 3 rings (SSSR count). The van der Waals surface area contributed by atoms with Crippen molar-refractivity contribution in [1.82, 2.24) is 9.88 Å². The molecule has 0 bridgehead atoms. The number of amides is 1. The largest absolute Gasteiger partial charge is 0.365 e. The predicted octanol–water partition coefficient (Wildman–Crippen LogP) is 3.60. The predicted molar refractivity (Wildman–Crippen MR) is 116 cm³/mol. The lowest BCUT2D eigenvalue weighted by Crippen LogP contribution is -2.56. The van der Waals surface area contributed by atoms with Crippen molar-refractivity contribution in [1.29, 1.82) is 0 Å². The van der Waals surface area contributed by atoms with Crippen LogP contribution in [0.3, 0.4) is 0 Å². The molecule has 1 amide bonds. The van der Waals surface area contributed by atoms with Crippen LogP contribution in [0, 0.1) is 0 Å². The van der Waals surface area contributed by atoms with Gasteiger partial charge in [0, 0.05) is 44.6 Å². The normalized spacial score (nSPS) is 16.9. The number of aryl methyl sites for hydroxylation is 1. The molecular formula is C23H32N4O. The molecule has 1 aromatic carbocycles. The molecule has 1 aromatic heterocycles. The number of carbonyl (C=O) groups is 1. The Morgan fingerprint density at radius 3 is 2.61 bits per heavy atom. The topological polar surface area (TPSA) is 39.7 Å². The van der Waals surface area contributed by atoms with Crippen LogP contribution in [-0.2, 0) is 11.2 Å². The highest BCUT2D eigenvalue weighted by Crippen LogP contribution is 2.19. The number of piperazine rings is 1. The van der Waals surface area contributed by atoms with Crippen LogP contribution in [0.25, 0.3) is 0 Å². The average molecular weight is 381 g/mol. The van der Waals surface area contributed by atoms with Gasteiger partial charge >= 0.3 is 0 Å². The van der Waals surface area contributed by atoms with Gasteiger partial charge in [-0.15, -0.1) is 0 Å². The molecule has 0 spiro atoms. The Kier molecular flexibility index (Phi) is 6.90. The Hall–Kier alpha value is -2.56. The standard InChI is InChI=1S/C23H32N4O/c1-4-5-8-20-10-12-21(13-11-20)25(3)18-23(28)27-16-15-26(17-19(27)2)22-9-6-7-14-24-22/h6-7,9-14,19H,4-5,8,15-18H2,1-3H3/t19-/m0/s1. The number of hydrogen-bond acceptors (Lipinski definition) is 4. The Balaban J connectivity index is 1.54. The minimum atomic E-state index is 0.174. The van der Waals surface area contributed by atoms with Gasteiger partial charge in [-0.05, 0) is 49.6 Å². The van der Waals surface area contributed by atoms with Gasteiger partial charge in [-0.2, -0.15) is 0 Å². The van der Waals surface area contributed by atoms with Crippen LogP contribution in [0.2, 0.25) is 0 Å². The number of nitrogens with zero attached hydrogens (tertiary/aromatic N) is 4. The molecule has 0 aliphatic carbocycles. The van der Waals surface area contributed by atoms with Crippen LogP contribution in [-0.4, -0.2) is 55.1 Å². The van der Waals surface area contributed by atoms with Crippen molar-refractivity contribution in [3.8, 4) is 0 Å². The highest BCUT2D eigenvalue weighted by molar-refractivity contribution is 5.82. The summed E-state index contributed by atoms with van der Waals surface area (Å²) in [6.07, 6.45) is 5.37. The molecule has 1 aliphatic rings. The zero-order valence-electron chi connectivity index (χ0n) is 17.3. The lowest BCUT2D eigenvalue weighted by Gasteiger charge is -2.41. The van der Waals surface area contributed by atoms with Crippen LogP contribution in [0.1, 0.15) is 32.3 Å². The SMILES string of the molecule is CCCCc1ccc(N(C)CC(=O)N2CCN(c3ccccn3)C[C@@H]2C)cc1. The number of carbonyl (C=O) groups excluding carboxylic acids is 1. The van der Waals surface area contributed by atoms with Gasteiger partial charge < -0.3 is 14.7 Å². The summed E-state index contributed by atoms with van der Waals surface area (Å²) in [5, 5.41) is 0. The third kappa shape index (κ3) is 5.03. The maximum absolute atomic E-state index is 12.9. The molecule has 28 heavy (non-hydrogen) atoms. The molecule has 150 valence electrons. The smallest absolute Gasteiger partial charge is 0.242 e. The molecule has 0 radical (unpaired) electrons. The molecule has 2 heterocycles. The number of aromatic nitrogens is 1. The van der Waals surface area contributed by atoms with Crippen molar-refractivity contribution >= 4 is 17.4 Å². The average Bonchev–Trinajstić information content (AvgIpc) is 2.73. The number of anilines is 2. The zero-order chi connectivity index (χ0) is 19.9. The van der Waals surface area contributed by atoms with E-state index >= 15 is 0 Å². The van der Waals surface area contributed by atoms with Crippen LogP contribution in [0.4, 0.5) is 11.5 Å². The Labute approximate surface area is 169 Å². The van der Waals surface area contributed by atoms with Crippen LogP contribution < -0.4 is 9.80 Å². The Morgan fingerprint density at radius 2 is 1.96 bits per heavy atom. The van der Waals surface area contributed by atoms with Crippen molar-refractivity contribution in [2.45, 2.75) is 39.2 Å². The second kappa shape index (κ2) is 9.58. The van der Waals surface area contributed by atoms with Crippen LogP contribution in [0.5, 0.6) is 0 Å². The first-order chi connectivity index (χ1) is 13.6. The van der Waals surface area contributed by atoms with Gasteiger partial charge in [-0.25, -0.2) is 4.98 Å². The lowest BCUT2D eigenvalue weighted by molar-refractivity contribution is -0.132. The van der Waals surface area contributed by atoms with E-state index in [1.165, 1.54) is 18.4 Å². The first-order valence-electron chi connectivity index (χ1n) is 10.3. The fraction of sp³-hybridized carbons (Fsp3) is 0.478. The summed E-state index contributed by atoms with van der Waals surface area (Å²) in [6, 6.07) is 14.8. The fourth-order valence-corrected chi connectivity index (χ4v) is 3.76. The fourth-order valence-electron chi connectivity index (χ4n) is 3.76. The van der Waals surface area contributed by atoms with Crippen LogP contribution in [0.15, 0.2) is 48.7 Å².